The summed E-state index contributed by atoms with van der Waals surface area (Å²) in [6.45, 7) is 0. The summed E-state index contributed by atoms with van der Waals surface area (Å²) < 4.78 is 157. The molecule has 0 amide bonds. The van der Waals surface area contributed by atoms with Gasteiger partial charge in [-0.15, -0.1) is 0 Å². The fraction of sp³-hybridized carbons (Fsp3) is 0.714. The van der Waals surface area contributed by atoms with Crippen LogP contribution in [0, 0.1) is 0 Å². The third kappa shape index (κ3) is 2.80. The summed E-state index contributed by atoms with van der Waals surface area (Å²) in [5.41, 5.74) is -7.17. The van der Waals surface area contributed by atoms with Crippen molar-refractivity contribution in [1.82, 2.24) is 0 Å². The number of hydrogen-bond donors (Lipinski definition) is 0. The molecule has 0 nitrogen and oxygen atoms in total. The van der Waals surface area contributed by atoms with Crippen molar-refractivity contribution in [2.24, 2.45) is 0 Å². The Bertz CT molecular complexity index is 383. The molecule has 0 saturated heterocycles. The Morgan fingerprint density at radius 3 is 1.25 bits per heavy atom. The third-order valence-corrected chi connectivity index (χ3v) is 1.92. The molecule has 0 aliphatic rings. The molecule has 20 heavy (non-hydrogen) atoms. The first kappa shape index (κ1) is 18.8. The van der Waals surface area contributed by atoms with Crippen molar-refractivity contribution < 1.29 is 57.1 Å². The lowest BCUT2D eigenvalue weighted by molar-refractivity contribution is -0.337. The highest BCUT2D eigenvalue weighted by atomic mass is 19.4. The minimum atomic E-state index is -7.28. The van der Waals surface area contributed by atoms with Crippen LogP contribution in [0.5, 0.6) is 0 Å². The Labute approximate surface area is 100 Å². The SMILES string of the molecule is FC(F)=C(F)C(F)(C(F)(F)F)C(F)(F)C(F)C(F)(F)F. The highest BCUT2D eigenvalue weighted by Gasteiger charge is 2.81. The van der Waals surface area contributed by atoms with Crippen LogP contribution in [0.4, 0.5) is 57.1 Å². The fourth-order valence-electron chi connectivity index (χ4n) is 0.970. The van der Waals surface area contributed by atoms with Gasteiger partial charge in [-0.2, -0.15) is 43.9 Å². The monoisotopic (exact) mass is 332 g/mol. The quantitative estimate of drug-likeness (QED) is 0.647. The molecular weight excluding hydrogens is 331 g/mol. The van der Waals surface area contributed by atoms with Crippen LogP contribution >= 0.6 is 0 Å². The molecule has 0 N–H and O–H groups in total. The molecule has 0 rings (SSSR count). The second-order valence-corrected chi connectivity index (χ2v) is 3.26. The van der Waals surface area contributed by atoms with E-state index in [-0.39, 0.29) is 0 Å². The summed E-state index contributed by atoms with van der Waals surface area (Å²) in [5.74, 6) is -11.8. The van der Waals surface area contributed by atoms with E-state index in [2.05, 4.69) is 0 Å². The molecule has 0 aromatic rings. The molecule has 0 aromatic heterocycles. The van der Waals surface area contributed by atoms with Crippen molar-refractivity contribution >= 4 is 0 Å². The van der Waals surface area contributed by atoms with Gasteiger partial charge in [-0.25, -0.2) is 13.2 Å². The second kappa shape index (κ2) is 4.98. The van der Waals surface area contributed by atoms with Gasteiger partial charge in [0.25, 0.3) is 6.17 Å². The van der Waals surface area contributed by atoms with Crippen LogP contribution in [0.1, 0.15) is 0 Å². The van der Waals surface area contributed by atoms with E-state index in [0.29, 0.717) is 0 Å². The molecule has 0 heterocycles. The smallest absolute Gasteiger partial charge is 0.230 e. The van der Waals surface area contributed by atoms with E-state index >= 15 is 0 Å². The molecule has 0 spiro atoms. The summed E-state index contributed by atoms with van der Waals surface area (Å²) in [6.07, 6.45) is -24.2. The van der Waals surface area contributed by atoms with Crippen molar-refractivity contribution in [2.45, 2.75) is 30.1 Å². The van der Waals surface area contributed by atoms with Gasteiger partial charge in [0.2, 0.25) is 5.83 Å². The average molecular weight is 332 g/mol. The lowest BCUT2D eigenvalue weighted by atomic mass is 9.91. The zero-order valence-corrected chi connectivity index (χ0v) is 8.49. The normalized spacial score (nSPS) is 18.4. The number of hydrogen-bond acceptors (Lipinski definition) is 0. The van der Waals surface area contributed by atoms with Crippen LogP contribution in [0.25, 0.3) is 0 Å². The van der Waals surface area contributed by atoms with Gasteiger partial charge in [-0.1, -0.05) is 0 Å². The van der Waals surface area contributed by atoms with Gasteiger partial charge in [0, 0.05) is 0 Å². The van der Waals surface area contributed by atoms with E-state index in [1.165, 1.54) is 0 Å². The number of rotatable bonds is 3. The molecule has 120 valence electrons. The first-order valence-electron chi connectivity index (χ1n) is 4.06. The molecule has 2 atom stereocenters. The summed E-state index contributed by atoms with van der Waals surface area (Å²) in [6, 6.07) is 0. The standard InChI is InChI=1S/C7HF13/c8-1(2(9)10)4(12,7(18,19)20)5(13,14)3(11)6(15,16)17/h3H. The molecule has 0 fully saturated rings. The Kier molecular flexibility index (Phi) is 4.69. The fourth-order valence-corrected chi connectivity index (χ4v) is 0.970. The molecular formula is C7HF13. The Hall–Kier alpha value is -1.17. The molecule has 13 heteroatoms. The number of alkyl halides is 10. The number of halogens is 13. The maximum absolute atomic E-state index is 13.0. The Morgan fingerprint density at radius 2 is 1.05 bits per heavy atom. The third-order valence-electron chi connectivity index (χ3n) is 1.92. The van der Waals surface area contributed by atoms with Crippen LogP contribution < -0.4 is 0 Å². The summed E-state index contributed by atoms with van der Waals surface area (Å²) in [4.78, 5) is 0. The van der Waals surface area contributed by atoms with E-state index in [1.54, 1.807) is 0 Å². The zero-order valence-electron chi connectivity index (χ0n) is 8.49. The van der Waals surface area contributed by atoms with Crippen LogP contribution in [0.15, 0.2) is 11.9 Å². The maximum atomic E-state index is 13.0. The van der Waals surface area contributed by atoms with Crippen molar-refractivity contribution in [3.63, 3.8) is 0 Å². The van der Waals surface area contributed by atoms with Crippen molar-refractivity contribution in [3.05, 3.63) is 11.9 Å². The van der Waals surface area contributed by atoms with Crippen LogP contribution in [-0.4, -0.2) is 30.1 Å². The maximum Gasteiger partial charge on any atom is 0.435 e. The van der Waals surface area contributed by atoms with Gasteiger partial charge >= 0.3 is 30.0 Å². The highest BCUT2D eigenvalue weighted by Crippen LogP contribution is 2.55. The Balaban J connectivity index is 6.26. The summed E-state index contributed by atoms with van der Waals surface area (Å²) >= 11 is 0. The zero-order chi connectivity index (χ0) is 16.7. The average Bonchev–Trinajstić information content (AvgIpc) is 2.22. The van der Waals surface area contributed by atoms with Gasteiger partial charge < -0.3 is 0 Å². The van der Waals surface area contributed by atoms with E-state index in [0.717, 1.165) is 0 Å². The summed E-state index contributed by atoms with van der Waals surface area (Å²) in [7, 11) is 0. The minimum Gasteiger partial charge on any atom is -0.230 e. The highest BCUT2D eigenvalue weighted by molar-refractivity contribution is 5.22. The topological polar surface area (TPSA) is 0 Å². The first-order valence-corrected chi connectivity index (χ1v) is 4.06. The predicted molar refractivity (Wildman–Crippen MR) is 36.1 cm³/mol. The second-order valence-electron chi connectivity index (χ2n) is 3.26. The van der Waals surface area contributed by atoms with E-state index in [9.17, 15) is 57.1 Å². The lowest BCUT2D eigenvalue weighted by Gasteiger charge is -2.35. The lowest BCUT2D eigenvalue weighted by Crippen LogP contribution is -2.63. The number of allylic oxidation sites excluding steroid dienone is 1. The minimum absolute atomic E-state index is 4.31. The molecule has 0 saturated carbocycles. The molecule has 0 aromatic carbocycles. The van der Waals surface area contributed by atoms with E-state index < -0.39 is 42.0 Å². The van der Waals surface area contributed by atoms with Crippen LogP contribution in [-0.2, 0) is 0 Å². The van der Waals surface area contributed by atoms with Gasteiger partial charge in [0.1, 0.15) is 0 Å². The van der Waals surface area contributed by atoms with E-state index in [1.807, 2.05) is 0 Å². The van der Waals surface area contributed by atoms with Gasteiger partial charge in [-0.05, 0) is 0 Å². The molecule has 0 radical (unpaired) electrons. The van der Waals surface area contributed by atoms with Gasteiger partial charge in [-0.3, -0.25) is 0 Å². The molecule has 0 aliphatic carbocycles. The Morgan fingerprint density at radius 1 is 0.700 bits per heavy atom. The largest absolute Gasteiger partial charge is 0.435 e. The van der Waals surface area contributed by atoms with Crippen molar-refractivity contribution in [2.75, 3.05) is 0 Å². The molecule has 0 bridgehead atoms. The molecule has 0 aliphatic heterocycles. The molecule has 2 unspecified atom stereocenters. The van der Waals surface area contributed by atoms with Crippen LogP contribution in [0.3, 0.4) is 0 Å². The van der Waals surface area contributed by atoms with Crippen LogP contribution in [0.2, 0.25) is 0 Å². The van der Waals surface area contributed by atoms with Gasteiger partial charge in [0.15, 0.2) is 0 Å². The first-order chi connectivity index (χ1) is 8.51. The van der Waals surface area contributed by atoms with Crippen molar-refractivity contribution in [3.8, 4) is 0 Å². The van der Waals surface area contributed by atoms with Gasteiger partial charge in [0.05, 0.1) is 0 Å². The predicted octanol–water partition coefficient (Wildman–Crippen LogP) is 4.87. The van der Waals surface area contributed by atoms with Crippen molar-refractivity contribution in [1.29, 1.82) is 0 Å². The summed E-state index contributed by atoms with van der Waals surface area (Å²) in [5, 5.41) is 0. The van der Waals surface area contributed by atoms with E-state index in [4.69, 9.17) is 0 Å².